The summed E-state index contributed by atoms with van der Waals surface area (Å²) < 4.78 is 4.58. The maximum Gasteiger partial charge on any atom is 0.357 e. The largest absolute Gasteiger partial charge is 0.464 e. The molecular weight excluding hydrogens is 266 g/mol. The van der Waals surface area contributed by atoms with Gasteiger partial charge in [-0.05, 0) is 20.8 Å². The van der Waals surface area contributed by atoms with E-state index in [1.165, 1.54) is 18.4 Å². The van der Waals surface area contributed by atoms with Gasteiger partial charge in [-0.3, -0.25) is 4.79 Å². The first-order valence-corrected chi connectivity index (χ1v) is 7.00. The van der Waals surface area contributed by atoms with Gasteiger partial charge in [0, 0.05) is 18.5 Å². The zero-order valence-corrected chi connectivity index (χ0v) is 12.4. The number of nitrogens with one attached hydrogen (secondary N) is 1. The van der Waals surface area contributed by atoms with Crippen LogP contribution in [-0.2, 0) is 9.53 Å². The van der Waals surface area contributed by atoms with Crippen LogP contribution in [0.4, 0.5) is 5.13 Å². The first-order chi connectivity index (χ1) is 9.03. The number of rotatable bonds is 6. The van der Waals surface area contributed by atoms with Crippen LogP contribution in [0.25, 0.3) is 0 Å². The molecule has 0 bridgehead atoms. The Hall–Kier alpha value is -1.63. The molecular formula is C12H19N3O3S. The van der Waals surface area contributed by atoms with Crippen molar-refractivity contribution in [1.82, 2.24) is 9.88 Å². The molecule has 1 heterocycles. The van der Waals surface area contributed by atoms with Gasteiger partial charge in [-0.2, -0.15) is 0 Å². The number of carbonyl (C=O) groups is 2. The summed E-state index contributed by atoms with van der Waals surface area (Å²) in [6.45, 7) is 7.00. The summed E-state index contributed by atoms with van der Waals surface area (Å²) in [5.41, 5.74) is 0.248. The Morgan fingerprint density at radius 3 is 2.63 bits per heavy atom. The van der Waals surface area contributed by atoms with E-state index in [1.807, 2.05) is 13.8 Å². The van der Waals surface area contributed by atoms with E-state index >= 15 is 0 Å². The van der Waals surface area contributed by atoms with E-state index in [4.69, 9.17) is 0 Å². The van der Waals surface area contributed by atoms with Crippen LogP contribution in [0, 0.1) is 0 Å². The maximum atomic E-state index is 12.1. The summed E-state index contributed by atoms with van der Waals surface area (Å²) >= 11 is 1.27. The molecule has 0 spiro atoms. The molecule has 0 aliphatic heterocycles. The molecule has 1 amide bonds. The number of thiazole rings is 1. The fourth-order valence-electron chi connectivity index (χ4n) is 1.59. The molecule has 19 heavy (non-hydrogen) atoms. The molecule has 0 radical (unpaired) electrons. The number of hydrogen-bond acceptors (Lipinski definition) is 6. The molecule has 0 fully saturated rings. The second kappa shape index (κ2) is 7.08. The number of methoxy groups -OCH3 is 1. The van der Waals surface area contributed by atoms with Crippen LogP contribution in [0.15, 0.2) is 5.38 Å². The SMILES string of the molecule is CCN(CC)C(=O)C(C)Nc1nc(C(=O)OC)cs1. The van der Waals surface area contributed by atoms with E-state index in [9.17, 15) is 9.59 Å². The topological polar surface area (TPSA) is 71.5 Å². The summed E-state index contributed by atoms with van der Waals surface area (Å²) in [6, 6.07) is -0.378. The van der Waals surface area contributed by atoms with Crippen LogP contribution in [-0.4, -0.2) is 48.0 Å². The molecule has 1 aromatic heterocycles. The van der Waals surface area contributed by atoms with Gasteiger partial charge in [-0.25, -0.2) is 9.78 Å². The third-order valence-corrected chi connectivity index (χ3v) is 3.46. The Balaban J connectivity index is 2.66. The van der Waals surface area contributed by atoms with Gasteiger partial charge in [-0.15, -0.1) is 11.3 Å². The molecule has 0 aliphatic rings. The minimum atomic E-state index is -0.480. The average Bonchev–Trinajstić information content (AvgIpc) is 2.87. The number of amides is 1. The van der Waals surface area contributed by atoms with E-state index in [0.717, 1.165) is 0 Å². The summed E-state index contributed by atoms with van der Waals surface area (Å²) in [6.07, 6.45) is 0. The summed E-state index contributed by atoms with van der Waals surface area (Å²) in [4.78, 5) is 29.1. The molecule has 0 saturated carbocycles. The number of likely N-dealkylation sites (N-methyl/N-ethyl adjacent to an activating group) is 1. The summed E-state index contributed by atoms with van der Waals surface area (Å²) in [5.74, 6) is -0.466. The Labute approximate surface area is 116 Å². The number of aromatic nitrogens is 1. The van der Waals surface area contributed by atoms with E-state index in [0.29, 0.717) is 18.2 Å². The first kappa shape index (κ1) is 15.4. The van der Waals surface area contributed by atoms with Gasteiger partial charge in [0.15, 0.2) is 10.8 Å². The Kier molecular flexibility index (Phi) is 5.75. The van der Waals surface area contributed by atoms with Crippen molar-refractivity contribution in [3.05, 3.63) is 11.1 Å². The van der Waals surface area contributed by atoms with E-state index in [-0.39, 0.29) is 17.6 Å². The van der Waals surface area contributed by atoms with Gasteiger partial charge in [0.25, 0.3) is 0 Å². The van der Waals surface area contributed by atoms with Crippen molar-refractivity contribution in [3.8, 4) is 0 Å². The highest BCUT2D eigenvalue weighted by molar-refractivity contribution is 7.13. The van der Waals surface area contributed by atoms with E-state index < -0.39 is 5.97 Å². The molecule has 106 valence electrons. The smallest absolute Gasteiger partial charge is 0.357 e. The third kappa shape index (κ3) is 3.92. The summed E-state index contributed by atoms with van der Waals surface area (Å²) in [7, 11) is 1.31. The Bertz CT molecular complexity index is 443. The van der Waals surface area contributed by atoms with Gasteiger partial charge in [0.2, 0.25) is 5.91 Å². The predicted octanol–water partition coefficient (Wildman–Crippen LogP) is 1.60. The van der Waals surface area contributed by atoms with Crippen molar-refractivity contribution in [1.29, 1.82) is 0 Å². The van der Waals surface area contributed by atoms with Crippen LogP contribution in [0.5, 0.6) is 0 Å². The first-order valence-electron chi connectivity index (χ1n) is 6.12. The minimum Gasteiger partial charge on any atom is -0.464 e. The van der Waals surface area contributed by atoms with Crippen molar-refractivity contribution in [2.75, 3.05) is 25.5 Å². The van der Waals surface area contributed by atoms with Crippen molar-refractivity contribution in [2.45, 2.75) is 26.8 Å². The van der Waals surface area contributed by atoms with Crippen molar-refractivity contribution in [2.24, 2.45) is 0 Å². The second-order valence-corrected chi connectivity index (χ2v) is 4.76. The Morgan fingerprint density at radius 1 is 1.47 bits per heavy atom. The molecule has 1 rings (SSSR count). The van der Waals surface area contributed by atoms with Crippen LogP contribution in [0.3, 0.4) is 0 Å². The molecule has 1 N–H and O–H groups in total. The second-order valence-electron chi connectivity index (χ2n) is 3.91. The van der Waals surface area contributed by atoms with Gasteiger partial charge >= 0.3 is 5.97 Å². The monoisotopic (exact) mass is 285 g/mol. The number of carbonyl (C=O) groups excluding carboxylic acids is 2. The van der Waals surface area contributed by atoms with E-state index in [2.05, 4.69) is 15.0 Å². The molecule has 0 aliphatic carbocycles. The number of anilines is 1. The van der Waals surface area contributed by atoms with E-state index in [1.54, 1.807) is 17.2 Å². The molecule has 1 atom stereocenters. The van der Waals surface area contributed by atoms with Gasteiger partial charge in [0.05, 0.1) is 7.11 Å². The van der Waals surface area contributed by atoms with Crippen LogP contribution < -0.4 is 5.32 Å². The number of nitrogens with zero attached hydrogens (tertiary/aromatic N) is 2. The lowest BCUT2D eigenvalue weighted by atomic mass is 10.3. The Morgan fingerprint density at radius 2 is 2.11 bits per heavy atom. The third-order valence-electron chi connectivity index (χ3n) is 2.68. The highest BCUT2D eigenvalue weighted by Gasteiger charge is 2.19. The van der Waals surface area contributed by atoms with Gasteiger partial charge in [-0.1, -0.05) is 0 Å². The lowest BCUT2D eigenvalue weighted by molar-refractivity contribution is -0.131. The zero-order valence-electron chi connectivity index (χ0n) is 11.6. The van der Waals surface area contributed by atoms with Crippen molar-refractivity contribution < 1.29 is 14.3 Å². The molecule has 0 saturated heterocycles. The highest BCUT2D eigenvalue weighted by Crippen LogP contribution is 2.17. The molecule has 6 nitrogen and oxygen atoms in total. The lowest BCUT2D eigenvalue weighted by Crippen LogP contribution is -2.41. The number of esters is 1. The van der Waals surface area contributed by atoms with Gasteiger partial charge in [0.1, 0.15) is 6.04 Å². The van der Waals surface area contributed by atoms with Crippen molar-refractivity contribution >= 4 is 28.3 Å². The number of hydrogen-bond donors (Lipinski definition) is 1. The molecule has 1 aromatic rings. The average molecular weight is 285 g/mol. The van der Waals surface area contributed by atoms with Crippen LogP contribution in [0.2, 0.25) is 0 Å². The lowest BCUT2D eigenvalue weighted by Gasteiger charge is -2.23. The maximum absolute atomic E-state index is 12.1. The van der Waals surface area contributed by atoms with Crippen LogP contribution >= 0.6 is 11.3 Å². The fraction of sp³-hybridized carbons (Fsp3) is 0.583. The normalized spacial score (nSPS) is 11.8. The zero-order chi connectivity index (χ0) is 14.4. The number of ether oxygens (including phenoxy) is 1. The molecule has 1 unspecified atom stereocenters. The fourth-order valence-corrected chi connectivity index (χ4v) is 2.36. The highest BCUT2D eigenvalue weighted by atomic mass is 32.1. The molecule has 7 heteroatoms. The quantitative estimate of drug-likeness (QED) is 0.804. The van der Waals surface area contributed by atoms with Crippen LogP contribution in [0.1, 0.15) is 31.3 Å². The van der Waals surface area contributed by atoms with Crippen molar-refractivity contribution in [3.63, 3.8) is 0 Å². The van der Waals surface area contributed by atoms with Gasteiger partial charge < -0.3 is 15.0 Å². The molecule has 0 aromatic carbocycles. The standard InChI is InChI=1S/C12H19N3O3S/c1-5-15(6-2)10(16)8(3)13-12-14-9(7-19-12)11(17)18-4/h7-8H,5-6H2,1-4H3,(H,13,14). The predicted molar refractivity (Wildman–Crippen MR) is 74.5 cm³/mol. The minimum absolute atomic E-state index is 0.0137. The summed E-state index contributed by atoms with van der Waals surface area (Å²) in [5, 5.41) is 5.13.